The Morgan fingerprint density at radius 2 is 2.04 bits per heavy atom. The molecule has 0 atom stereocenters. The second-order valence-corrected chi connectivity index (χ2v) is 6.57. The summed E-state index contributed by atoms with van der Waals surface area (Å²) in [6.07, 6.45) is 2.73. The molecule has 0 spiro atoms. The number of aromatic nitrogens is 1. The van der Waals surface area contributed by atoms with Gasteiger partial charge in [0.25, 0.3) is 0 Å². The van der Waals surface area contributed by atoms with Gasteiger partial charge in [-0.25, -0.2) is 14.2 Å². The molecule has 0 amide bonds. The third kappa shape index (κ3) is 4.95. The first-order chi connectivity index (χ1) is 13.6. The van der Waals surface area contributed by atoms with Crippen LogP contribution in [0.2, 0.25) is 0 Å². The highest BCUT2D eigenvalue weighted by molar-refractivity contribution is 7.13. The number of halogens is 1. The first-order valence-electron chi connectivity index (χ1n) is 8.36. The molecule has 3 aromatic rings. The molecule has 1 aromatic heterocycles. The maximum atomic E-state index is 13.6. The van der Waals surface area contributed by atoms with Crippen molar-refractivity contribution in [2.45, 2.75) is 6.61 Å². The van der Waals surface area contributed by atoms with Gasteiger partial charge in [-0.1, -0.05) is 18.2 Å². The Balaban J connectivity index is 1.57. The summed E-state index contributed by atoms with van der Waals surface area (Å²) in [5, 5.41) is 2.65. The Bertz CT molecular complexity index is 1000. The van der Waals surface area contributed by atoms with Gasteiger partial charge in [0.2, 0.25) is 0 Å². The number of ether oxygens (including phenoxy) is 3. The zero-order valence-electron chi connectivity index (χ0n) is 15.3. The minimum Gasteiger partial charge on any atom is -0.497 e. The molecule has 144 valence electrons. The van der Waals surface area contributed by atoms with Crippen LogP contribution in [0.1, 0.15) is 11.3 Å². The highest BCUT2D eigenvalue weighted by atomic mass is 32.1. The lowest BCUT2D eigenvalue weighted by atomic mass is 10.2. The lowest BCUT2D eigenvalue weighted by Gasteiger charge is -2.02. The molecule has 0 saturated heterocycles. The summed E-state index contributed by atoms with van der Waals surface area (Å²) < 4.78 is 28.9. The first-order valence-corrected chi connectivity index (χ1v) is 9.24. The summed E-state index contributed by atoms with van der Waals surface area (Å²) in [7, 11) is 3.00. The molecule has 0 radical (unpaired) electrons. The Hall–Kier alpha value is -3.19. The van der Waals surface area contributed by atoms with E-state index in [1.807, 2.05) is 29.6 Å². The summed E-state index contributed by atoms with van der Waals surface area (Å²) >= 11 is 1.46. The number of methoxy groups -OCH3 is 2. The van der Waals surface area contributed by atoms with E-state index >= 15 is 0 Å². The lowest BCUT2D eigenvalue weighted by molar-refractivity contribution is -0.139. The Kier molecular flexibility index (Phi) is 6.39. The fraction of sp³-hybridized carbons (Fsp3) is 0.143. The van der Waals surface area contributed by atoms with Crippen LogP contribution in [0.25, 0.3) is 16.6 Å². The molecule has 0 aliphatic rings. The van der Waals surface area contributed by atoms with Crippen LogP contribution in [0.4, 0.5) is 4.39 Å². The van der Waals surface area contributed by atoms with Crippen molar-refractivity contribution in [1.29, 1.82) is 0 Å². The second kappa shape index (κ2) is 9.14. The van der Waals surface area contributed by atoms with E-state index in [1.54, 1.807) is 13.2 Å². The van der Waals surface area contributed by atoms with Gasteiger partial charge in [0.1, 0.15) is 17.4 Å². The highest BCUT2D eigenvalue weighted by Crippen LogP contribution is 2.27. The van der Waals surface area contributed by atoms with Gasteiger partial charge in [0.05, 0.1) is 19.9 Å². The third-order valence-electron chi connectivity index (χ3n) is 3.82. The summed E-state index contributed by atoms with van der Waals surface area (Å²) in [5.74, 6) is -0.131. The lowest BCUT2D eigenvalue weighted by Crippen LogP contribution is -2.01. The van der Waals surface area contributed by atoms with E-state index in [9.17, 15) is 9.18 Å². The van der Waals surface area contributed by atoms with Gasteiger partial charge in [0, 0.05) is 17.0 Å². The van der Waals surface area contributed by atoms with Crippen LogP contribution < -0.4 is 9.47 Å². The Morgan fingerprint density at radius 1 is 1.18 bits per heavy atom. The average Bonchev–Trinajstić information content (AvgIpc) is 3.20. The van der Waals surface area contributed by atoms with Crippen LogP contribution in [-0.2, 0) is 16.1 Å². The highest BCUT2D eigenvalue weighted by Gasteiger charge is 2.08. The number of hydrogen-bond acceptors (Lipinski definition) is 6. The average molecular weight is 399 g/mol. The van der Waals surface area contributed by atoms with Crippen molar-refractivity contribution in [3.05, 3.63) is 71.0 Å². The molecule has 5 nitrogen and oxygen atoms in total. The maximum Gasteiger partial charge on any atom is 0.331 e. The zero-order valence-corrected chi connectivity index (χ0v) is 16.2. The molecule has 28 heavy (non-hydrogen) atoms. The van der Waals surface area contributed by atoms with Gasteiger partial charge in [-0.3, -0.25) is 0 Å². The number of hydrogen-bond donors (Lipinski definition) is 0. The first kappa shape index (κ1) is 19.6. The number of esters is 1. The quantitative estimate of drug-likeness (QED) is 0.425. The number of rotatable bonds is 7. The molecular formula is C21H18FNO4S. The number of benzene rings is 2. The maximum absolute atomic E-state index is 13.6. The van der Waals surface area contributed by atoms with Crippen molar-refractivity contribution in [3.63, 3.8) is 0 Å². The van der Waals surface area contributed by atoms with Gasteiger partial charge < -0.3 is 14.2 Å². The van der Waals surface area contributed by atoms with E-state index in [0.717, 1.165) is 16.3 Å². The SMILES string of the molecule is COc1cccc(-c2nc(COC(=O)/C=C/c3ccc(OC)c(F)c3)cs2)c1. The molecular weight excluding hydrogens is 381 g/mol. The molecule has 0 aliphatic carbocycles. The van der Waals surface area contributed by atoms with Gasteiger partial charge >= 0.3 is 5.97 Å². The van der Waals surface area contributed by atoms with Crippen LogP contribution in [0.3, 0.4) is 0 Å². The fourth-order valence-electron chi connectivity index (χ4n) is 2.41. The van der Waals surface area contributed by atoms with E-state index in [4.69, 9.17) is 14.2 Å². The standard InChI is InChI=1S/C21H18FNO4S/c1-25-17-5-3-4-15(11-17)21-23-16(13-28-21)12-27-20(24)9-7-14-6-8-19(26-2)18(22)10-14/h3-11,13H,12H2,1-2H3/b9-7+. The van der Waals surface area contributed by atoms with E-state index < -0.39 is 11.8 Å². The van der Waals surface area contributed by atoms with Crippen molar-refractivity contribution in [2.24, 2.45) is 0 Å². The Morgan fingerprint density at radius 3 is 2.79 bits per heavy atom. The van der Waals surface area contributed by atoms with Gasteiger partial charge in [-0.2, -0.15) is 0 Å². The van der Waals surface area contributed by atoms with Gasteiger partial charge in [-0.05, 0) is 35.9 Å². The van der Waals surface area contributed by atoms with E-state index in [2.05, 4.69) is 4.98 Å². The van der Waals surface area contributed by atoms with Crippen molar-refractivity contribution in [2.75, 3.05) is 14.2 Å². The Labute approximate surface area is 166 Å². The molecule has 0 saturated carbocycles. The molecule has 0 fully saturated rings. The van der Waals surface area contributed by atoms with Crippen molar-refractivity contribution >= 4 is 23.4 Å². The van der Waals surface area contributed by atoms with Crippen LogP contribution in [-0.4, -0.2) is 25.2 Å². The number of carbonyl (C=O) groups excluding carboxylic acids is 1. The van der Waals surface area contributed by atoms with E-state index in [1.165, 1.54) is 42.7 Å². The predicted octanol–water partition coefficient (Wildman–Crippen LogP) is 4.72. The smallest absolute Gasteiger partial charge is 0.331 e. The van der Waals surface area contributed by atoms with Gasteiger partial charge in [-0.15, -0.1) is 11.3 Å². The second-order valence-electron chi connectivity index (χ2n) is 5.71. The summed E-state index contributed by atoms with van der Waals surface area (Å²) in [6.45, 7) is 0.0562. The van der Waals surface area contributed by atoms with E-state index in [-0.39, 0.29) is 12.4 Å². The zero-order chi connectivity index (χ0) is 19.9. The van der Waals surface area contributed by atoms with Crippen LogP contribution in [0, 0.1) is 5.82 Å². The minimum atomic E-state index is -0.535. The van der Waals surface area contributed by atoms with Crippen molar-refractivity contribution < 1.29 is 23.4 Å². The number of carbonyl (C=O) groups is 1. The van der Waals surface area contributed by atoms with E-state index in [0.29, 0.717) is 11.3 Å². The van der Waals surface area contributed by atoms with Crippen LogP contribution in [0.15, 0.2) is 53.9 Å². The van der Waals surface area contributed by atoms with Gasteiger partial charge in [0.15, 0.2) is 11.6 Å². The van der Waals surface area contributed by atoms with Crippen LogP contribution >= 0.6 is 11.3 Å². The normalized spacial score (nSPS) is 10.8. The molecule has 3 rings (SSSR count). The molecule has 7 heteroatoms. The number of nitrogens with zero attached hydrogens (tertiary/aromatic N) is 1. The number of thiazole rings is 1. The summed E-state index contributed by atoms with van der Waals surface area (Å²) in [5.41, 5.74) is 2.12. The topological polar surface area (TPSA) is 57.7 Å². The fourth-order valence-corrected chi connectivity index (χ4v) is 3.21. The summed E-state index contributed by atoms with van der Waals surface area (Å²) in [4.78, 5) is 16.4. The molecule has 0 bridgehead atoms. The van der Waals surface area contributed by atoms with Crippen molar-refractivity contribution in [3.8, 4) is 22.1 Å². The molecule has 1 heterocycles. The monoisotopic (exact) mass is 399 g/mol. The minimum absolute atomic E-state index is 0.0562. The predicted molar refractivity (Wildman–Crippen MR) is 106 cm³/mol. The van der Waals surface area contributed by atoms with Crippen molar-refractivity contribution in [1.82, 2.24) is 4.98 Å². The summed E-state index contributed by atoms with van der Waals surface area (Å²) in [6, 6.07) is 12.0. The largest absolute Gasteiger partial charge is 0.497 e. The third-order valence-corrected chi connectivity index (χ3v) is 4.76. The molecule has 0 aliphatic heterocycles. The molecule has 0 unspecified atom stereocenters. The van der Waals surface area contributed by atoms with Crippen LogP contribution in [0.5, 0.6) is 11.5 Å². The molecule has 2 aromatic carbocycles. The molecule has 0 N–H and O–H groups in total.